The zero-order chi connectivity index (χ0) is 14.3. The maximum Gasteiger partial charge on any atom is 0.333 e. The van der Waals surface area contributed by atoms with Gasteiger partial charge >= 0.3 is 11.9 Å². The van der Waals surface area contributed by atoms with Crippen LogP contribution in [0.15, 0.2) is 22.8 Å². The number of rotatable bonds is 6. The maximum atomic E-state index is 11.5. The SMILES string of the molecule is COC(=O)C(C)=C(C=C(C)C(=O)O)CCN(C)C. The number of methoxy groups -OCH3 is 1. The van der Waals surface area contributed by atoms with Crippen LogP contribution in [0.5, 0.6) is 0 Å². The number of carboxylic acids is 1. The fraction of sp³-hybridized carbons (Fsp3) is 0.538. The van der Waals surface area contributed by atoms with Crippen LogP contribution in [0.1, 0.15) is 20.3 Å². The summed E-state index contributed by atoms with van der Waals surface area (Å²) in [4.78, 5) is 24.3. The van der Waals surface area contributed by atoms with Crippen molar-refractivity contribution in [1.29, 1.82) is 0 Å². The minimum Gasteiger partial charge on any atom is -0.478 e. The Labute approximate surface area is 108 Å². The average molecular weight is 255 g/mol. The van der Waals surface area contributed by atoms with Crippen LogP contribution in [0.25, 0.3) is 0 Å². The fourth-order valence-corrected chi connectivity index (χ4v) is 1.32. The molecule has 102 valence electrons. The number of nitrogens with zero attached hydrogens (tertiary/aromatic N) is 1. The Kier molecular flexibility index (Phi) is 6.97. The minimum atomic E-state index is -0.991. The van der Waals surface area contributed by atoms with Gasteiger partial charge in [-0.3, -0.25) is 0 Å². The van der Waals surface area contributed by atoms with E-state index >= 15 is 0 Å². The molecule has 1 N–H and O–H groups in total. The van der Waals surface area contributed by atoms with Crippen molar-refractivity contribution in [3.05, 3.63) is 22.8 Å². The maximum absolute atomic E-state index is 11.5. The van der Waals surface area contributed by atoms with Crippen molar-refractivity contribution in [2.24, 2.45) is 0 Å². The smallest absolute Gasteiger partial charge is 0.333 e. The molecule has 0 unspecified atom stereocenters. The van der Waals surface area contributed by atoms with Crippen molar-refractivity contribution in [1.82, 2.24) is 4.90 Å². The van der Waals surface area contributed by atoms with Crippen LogP contribution in [0.2, 0.25) is 0 Å². The number of ether oxygens (including phenoxy) is 1. The zero-order valence-electron chi connectivity index (χ0n) is 11.6. The molecule has 0 aromatic carbocycles. The first-order valence-electron chi connectivity index (χ1n) is 5.64. The first-order chi connectivity index (χ1) is 8.29. The van der Waals surface area contributed by atoms with Gasteiger partial charge in [0.05, 0.1) is 7.11 Å². The number of hydrogen-bond acceptors (Lipinski definition) is 4. The van der Waals surface area contributed by atoms with Crippen LogP contribution in [-0.4, -0.2) is 49.7 Å². The highest BCUT2D eigenvalue weighted by Crippen LogP contribution is 2.15. The summed E-state index contributed by atoms with van der Waals surface area (Å²) in [6.45, 7) is 3.87. The lowest BCUT2D eigenvalue weighted by Crippen LogP contribution is -2.15. The molecule has 0 aliphatic rings. The van der Waals surface area contributed by atoms with Crippen molar-refractivity contribution in [2.75, 3.05) is 27.7 Å². The molecule has 0 fully saturated rings. The monoisotopic (exact) mass is 255 g/mol. The summed E-state index contributed by atoms with van der Waals surface area (Å²) < 4.78 is 4.65. The number of aliphatic carboxylic acids is 1. The van der Waals surface area contributed by atoms with Gasteiger partial charge in [-0.15, -0.1) is 0 Å². The summed E-state index contributed by atoms with van der Waals surface area (Å²) in [6, 6.07) is 0. The number of carbonyl (C=O) groups excluding carboxylic acids is 1. The highest BCUT2D eigenvalue weighted by molar-refractivity contribution is 5.91. The second kappa shape index (κ2) is 7.66. The van der Waals surface area contributed by atoms with E-state index in [0.29, 0.717) is 17.6 Å². The molecule has 0 spiro atoms. The number of hydrogen-bond donors (Lipinski definition) is 1. The summed E-state index contributed by atoms with van der Waals surface area (Å²) in [7, 11) is 5.14. The zero-order valence-corrected chi connectivity index (χ0v) is 11.6. The van der Waals surface area contributed by atoms with E-state index in [-0.39, 0.29) is 5.57 Å². The van der Waals surface area contributed by atoms with Crippen LogP contribution >= 0.6 is 0 Å². The van der Waals surface area contributed by atoms with Crippen molar-refractivity contribution in [2.45, 2.75) is 20.3 Å². The predicted molar refractivity (Wildman–Crippen MR) is 69.3 cm³/mol. The first-order valence-corrected chi connectivity index (χ1v) is 5.64. The lowest BCUT2D eigenvalue weighted by atomic mass is 10.0. The Morgan fingerprint density at radius 1 is 1.28 bits per heavy atom. The van der Waals surface area contributed by atoms with E-state index in [1.807, 2.05) is 19.0 Å². The molecule has 0 aliphatic heterocycles. The Balaban J connectivity index is 5.23. The van der Waals surface area contributed by atoms with E-state index < -0.39 is 11.9 Å². The van der Waals surface area contributed by atoms with Crippen molar-refractivity contribution < 1.29 is 19.4 Å². The Morgan fingerprint density at radius 2 is 1.83 bits per heavy atom. The van der Waals surface area contributed by atoms with E-state index in [0.717, 1.165) is 6.54 Å². The summed E-state index contributed by atoms with van der Waals surface area (Å²) in [6.07, 6.45) is 2.12. The van der Waals surface area contributed by atoms with Gasteiger partial charge in [-0.05, 0) is 46.0 Å². The van der Waals surface area contributed by atoms with E-state index in [1.165, 1.54) is 20.1 Å². The minimum absolute atomic E-state index is 0.201. The highest BCUT2D eigenvalue weighted by Gasteiger charge is 2.11. The standard InChI is InChI=1S/C13H21NO4/c1-9(12(15)16)8-11(6-7-14(3)4)10(2)13(17)18-5/h8H,6-7H2,1-5H3,(H,15,16). The van der Waals surface area contributed by atoms with Crippen LogP contribution < -0.4 is 0 Å². The van der Waals surface area contributed by atoms with Crippen molar-refractivity contribution in [3.8, 4) is 0 Å². The summed E-state index contributed by atoms with van der Waals surface area (Å²) in [5.74, 6) is -1.42. The molecule has 0 bridgehead atoms. The second-order valence-corrected chi connectivity index (χ2v) is 4.33. The molecule has 0 rings (SSSR count). The molecule has 0 aliphatic carbocycles. The van der Waals surface area contributed by atoms with E-state index in [1.54, 1.807) is 6.92 Å². The van der Waals surface area contributed by atoms with Crippen LogP contribution in [-0.2, 0) is 14.3 Å². The number of esters is 1. The Morgan fingerprint density at radius 3 is 2.22 bits per heavy atom. The quantitative estimate of drug-likeness (QED) is 0.442. The summed E-state index contributed by atoms with van der Waals surface area (Å²) in [5.41, 5.74) is 1.34. The molecule has 0 saturated carbocycles. The van der Waals surface area contributed by atoms with Gasteiger partial charge in [0.25, 0.3) is 0 Å². The second-order valence-electron chi connectivity index (χ2n) is 4.33. The van der Waals surface area contributed by atoms with E-state index in [9.17, 15) is 9.59 Å². The molecule has 0 aromatic heterocycles. The third-order valence-electron chi connectivity index (χ3n) is 2.53. The van der Waals surface area contributed by atoms with E-state index in [2.05, 4.69) is 4.74 Å². The van der Waals surface area contributed by atoms with Gasteiger partial charge in [-0.25, -0.2) is 9.59 Å². The Bertz CT molecular complexity index is 380. The van der Waals surface area contributed by atoms with Gasteiger partial charge in [0, 0.05) is 17.7 Å². The molecule has 0 atom stereocenters. The average Bonchev–Trinajstić information content (AvgIpc) is 2.31. The lowest BCUT2D eigenvalue weighted by molar-refractivity contribution is -0.136. The van der Waals surface area contributed by atoms with E-state index in [4.69, 9.17) is 5.11 Å². The fourth-order valence-electron chi connectivity index (χ4n) is 1.32. The molecule has 0 saturated heterocycles. The molecule has 0 heterocycles. The topological polar surface area (TPSA) is 66.8 Å². The molecule has 0 amide bonds. The van der Waals surface area contributed by atoms with Crippen molar-refractivity contribution >= 4 is 11.9 Å². The summed E-state index contributed by atoms with van der Waals surface area (Å²) >= 11 is 0. The normalized spacial score (nSPS) is 13.3. The highest BCUT2D eigenvalue weighted by atomic mass is 16.5. The van der Waals surface area contributed by atoms with Crippen molar-refractivity contribution in [3.63, 3.8) is 0 Å². The molecular formula is C13H21NO4. The first kappa shape index (κ1) is 16.4. The van der Waals surface area contributed by atoms with Gasteiger partial charge in [0.1, 0.15) is 0 Å². The third-order valence-corrected chi connectivity index (χ3v) is 2.53. The largest absolute Gasteiger partial charge is 0.478 e. The molecule has 0 aromatic rings. The van der Waals surface area contributed by atoms with Crippen LogP contribution in [0.3, 0.4) is 0 Å². The lowest BCUT2D eigenvalue weighted by Gasteiger charge is -2.12. The number of carboxylic acid groups (broad SMARTS) is 1. The van der Waals surface area contributed by atoms with Gasteiger partial charge in [-0.2, -0.15) is 0 Å². The summed E-state index contributed by atoms with van der Waals surface area (Å²) in [5, 5.41) is 8.87. The molecule has 5 heteroatoms. The predicted octanol–water partition coefficient (Wildman–Crippen LogP) is 1.46. The van der Waals surface area contributed by atoms with Crippen LogP contribution in [0.4, 0.5) is 0 Å². The number of allylic oxidation sites excluding steroid dienone is 1. The van der Waals surface area contributed by atoms with Gasteiger partial charge in [-0.1, -0.05) is 0 Å². The number of carbonyl (C=O) groups is 2. The molecule has 5 nitrogen and oxygen atoms in total. The van der Waals surface area contributed by atoms with Gasteiger partial charge in [0.15, 0.2) is 0 Å². The van der Waals surface area contributed by atoms with Crippen LogP contribution in [0, 0.1) is 0 Å². The molecular weight excluding hydrogens is 234 g/mol. The van der Waals surface area contributed by atoms with Gasteiger partial charge in [0.2, 0.25) is 0 Å². The van der Waals surface area contributed by atoms with Gasteiger partial charge < -0.3 is 14.7 Å². The molecule has 0 radical (unpaired) electrons. The molecule has 18 heavy (non-hydrogen) atoms. The Hall–Kier alpha value is -1.62. The third kappa shape index (κ3) is 5.63.